The molecule has 110 valence electrons. The van der Waals surface area contributed by atoms with Gasteiger partial charge in [0.25, 0.3) is 0 Å². The average molecular weight is 288 g/mol. The fourth-order valence-corrected chi connectivity index (χ4v) is 2.86. The van der Waals surface area contributed by atoms with Crippen LogP contribution in [-0.2, 0) is 11.3 Å². The number of aromatic carboxylic acids is 1. The number of carbonyl (C=O) groups is 2. The standard InChI is InChI=1S/C15H16N2O4/c16-14(18)9-5-6-17(7-9)8-11-10-3-1-2-4-12(10)21-13(11)15(19)20/h1-4,9H,5-8H2,(H2,16,18)(H,19,20). The van der Waals surface area contributed by atoms with Crippen LogP contribution in [0, 0.1) is 5.92 Å². The first kappa shape index (κ1) is 13.6. The van der Waals surface area contributed by atoms with E-state index in [1.165, 1.54) is 0 Å². The van der Waals surface area contributed by atoms with E-state index in [0.29, 0.717) is 30.7 Å². The number of benzene rings is 1. The molecule has 0 radical (unpaired) electrons. The summed E-state index contributed by atoms with van der Waals surface area (Å²) in [4.78, 5) is 24.6. The molecule has 0 bridgehead atoms. The minimum Gasteiger partial charge on any atom is -0.475 e. The number of nitrogens with two attached hydrogens (primary N) is 1. The molecule has 1 unspecified atom stereocenters. The van der Waals surface area contributed by atoms with Crippen LogP contribution in [0.2, 0.25) is 0 Å². The van der Waals surface area contributed by atoms with Crippen molar-refractivity contribution in [1.29, 1.82) is 0 Å². The summed E-state index contributed by atoms with van der Waals surface area (Å²) in [6.45, 7) is 1.74. The zero-order chi connectivity index (χ0) is 15.0. The highest BCUT2D eigenvalue weighted by Gasteiger charge is 2.29. The van der Waals surface area contributed by atoms with Crippen molar-refractivity contribution in [3.8, 4) is 0 Å². The van der Waals surface area contributed by atoms with Crippen LogP contribution in [0.3, 0.4) is 0 Å². The molecule has 1 aliphatic heterocycles. The van der Waals surface area contributed by atoms with Gasteiger partial charge in [-0.2, -0.15) is 0 Å². The molecule has 6 heteroatoms. The van der Waals surface area contributed by atoms with Gasteiger partial charge in [-0.1, -0.05) is 18.2 Å². The Morgan fingerprint density at radius 3 is 2.81 bits per heavy atom. The normalized spacial score (nSPS) is 19.1. The van der Waals surface area contributed by atoms with Crippen molar-refractivity contribution in [1.82, 2.24) is 4.90 Å². The number of hydrogen-bond acceptors (Lipinski definition) is 4. The molecule has 1 fully saturated rings. The Balaban J connectivity index is 1.91. The van der Waals surface area contributed by atoms with E-state index in [2.05, 4.69) is 0 Å². The van der Waals surface area contributed by atoms with Crippen LogP contribution in [0.1, 0.15) is 22.5 Å². The predicted molar refractivity (Wildman–Crippen MR) is 75.8 cm³/mol. The number of amides is 1. The van der Waals surface area contributed by atoms with Crippen molar-refractivity contribution in [2.45, 2.75) is 13.0 Å². The lowest BCUT2D eigenvalue weighted by Crippen LogP contribution is -2.27. The number of likely N-dealkylation sites (tertiary alicyclic amines) is 1. The third kappa shape index (κ3) is 2.50. The number of carbonyl (C=O) groups excluding carboxylic acids is 1. The number of carboxylic acid groups (broad SMARTS) is 1. The molecular formula is C15H16N2O4. The van der Waals surface area contributed by atoms with E-state index in [9.17, 15) is 14.7 Å². The first-order valence-electron chi connectivity index (χ1n) is 6.81. The number of rotatable bonds is 4. The monoisotopic (exact) mass is 288 g/mol. The molecule has 6 nitrogen and oxygen atoms in total. The Kier molecular flexibility index (Phi) is 3.39. The molecule has 3 N–H and O–H groups in total. The number of fused-ring (bicyclic) bond motifs is 1. The van der Waals surface area contributed by atoms with Gasteiger partial charge in [-0.05, 0) is 19.0 Å². The topological polar surface area (TPSA) is 96.8 Å². The molecule has 1 aliphatic rings. The lowest BCUT2D eigenvalue weighted by atomic mass is 10.1. The first-order chi connectivity index (χ1) is 10.1. The van der Waals surface area contributed by atoms with Gasteiger partial charge in [0.05, 0.1) is 5.92 Å². The molecule has 1 saturated heterocycles. The van der Waals surface area contributed by atoms with Crippen LogP contribution in [0.5, 0.6) is 0 Å². The maximum absolute atomic E-state index is 11.4. The van der Waals surface area contributed by atoms with E-state index in [1.807, 2.05) is 17.0 Å². The number of furan rings is 1. The lowest BCUT2D eigenvalue weighted by Gasteiger charge is -2.14. The number of primary amides is 1. The summed E-state index contributed by atoms with van der Waals surface area (Å²) < 4.78 is 5.43. The Bertz CT molecular complexity index is 707. The summed E-state index contributed by atoms with van der Waals surface area (Å²) in [6, 6.07) is 7.26. The van der Waals surface area contributed by atoms with Gasteiger partial charge < -0.3 is 15.3 Å². The average Bonchev–Trinajstić information content (AvgIpc) is 3.05. The number of hydrogen-bond donors (Lipinski definition) is 2. The van der Waals surface area contributed by atoms with E-state index < -0.39 is 5.97 Å². The predicted octanol–water partition coefficient (Wildman–Crippen LogP) is 1.44. The molecule has 21 heavy (non-hydrogen) atoms. The first-order valence-corrected chi connectivity index (χ1v) is 6.81. The van der Waals surface area contributed by atoms with Crippen LogP contribution in [-0.4, -0.2) is 35.0 Å². The highest BCUT2D eigenvalue weighted by atomic mass is 16.4. The molecule has 1 aromatic heterocycles. The summed E-state index contributed by atoms with van der Waals surface area (Å²) in [5.74, 6) is -1.56. The maximum atomic E-state index is 11.4. The molecule has 0 saturated carbocycles. The van der Waals surface area contributed by atoms with Crippen molar-refractivity contribution in [3.05, 3.63) is 35.6 Å². The van der Waals surface area contributed by atoms with Gasteiger partial charge in [-0.15, -0.1) is 0 Å². The largest absolute Gasteiger partial charge is 0.475 e. The highest BCUT2D eigenvalue weighted by Crippen LogP contribution is 2.29. The number of nitrogens with zero attached hydrogens (tertiary/aromatic N) is 1. The van der Waals surface area contributed by atoms with Crippen LogP contribution in [0.15, 0.2) is 28.7 Å². The molecule has 3 rings (SSSR count). The summed E-state index contributed by atoms with van der Waals surface area (Å²) in [5, 5.41) is 10.1. The summed E-state index contributed by atoms with van der Waals surface area (Å²) in [6.07, 6.45) is 0.716. The Morgan fingerprint density at radius 1 is 1.38 bits per heavy atom. The SMILES string of the molecule is NC(=O)C1CCN(Cc2c(C(=O)O)oc3ccccc23)C1. The van der Waals surface area contributed by atoms with Gasteiger partial charge in [0.15, 0.2) is 0 Å². The number of carboxylic acids is 1. The van der Waals surface area contributed by atoms with E-state index in [1.54, 1.807) is 12.1 Å². The van der Waals surface area contributed by atoms with E-state index in [-0.39, 0.29) is 17.6 Å². The highest BCUT2D eigenvalue weighted by molar-refractivity contribution is 5.95. The minimum atomic E-state index is -1.08. The zero-order valence-electron chi connectivity index (χ0n) is 11.4. The number of para-hydroxylation sites is 1. The third-order valence-electron chi connectivity index (χ3n) is 3.95. The van der Waals surface area contributed by atoms with Crippen molar-refractivity contribution in [2.75, 3.05) is 13.1 Å². The van der Waals surface area contributed by atoms with Crippen LogP contribution in [0.4, 0.5) is 0 Å². The molecule has 1 atom stereocenters. The second-order valence-electron chi connectivity index (χ2n) is 5.33. The van der Waals surface area contributed by atoms with E-state index in [0.717, 1.165) is 11.9 Å². The molecule has 2 aromatic rings. The van der Waals surface area contributed by atoms with E-state index in [4.69, 9.17) is 10.2 Å². The van der Waals surface area contributed by atoms with Crippen molar-refractivity contribution in [2.24, 2.45) is 11.7 Å². The van der Waals surface area contributed by atoms with Crippen LogP contribution < -0.4 is 5.73 Å². The fourth-order valence-electron chi connectivity index (χ4n) is 2.86. The second kappa shape index (κ2) is 5.21. The van der Waals surface area contributed by atoms with Gasteiger partial charge in [-0.25, -0.2) is 4.79 Å². The second-order valence-corrected chi connectivity index (χ2v) is 5.33. The van der Waals surface area contributed by atoms with Crippen molar-refractivity contribution >= 4 is 22.8 Å². The molecule has 1 aromatic carbocycles. The van der Waals surface area contributed by atoms with Crippen LogP contribution in [0.25, 0.3) is 11.0 Å². The van der Waals surface area contributed by atoms with Gasteiger partial charge in [0, 0.05) is 24.0 Å². The van der Waals surface area contributed by atoms with Gasteiger partial charge in [0.1, 0.15) is 5.58 Å². The smallest absolute Gasteiger partial charge is 0.372 e. The van der Waals surface area contributed by atoms with Crippen molar-refractivity contribution < 1.29 is 19.1 Å². The quantitative estimate of drug-likeness (QED) is 0.887. The van der Waals surface area contributed by atoms with E-state index >= 15 is 0 Å². The molecule has 0 aliphatic carbocycles. The Morgan fingerprint density at radius 2 is 2.14 bits per heavy atom. The van der Waals surface area contributed by atoms with Crippen molar-refractivity contribution in [3.63, 3.8) is 0 Å². The minimum absolute atomic E-state index is 0.0290. The van der Waals surface area contributed by atoms with Gasteiger partial charge in [0.2, 0.25) is 11.7 Å². The molecule has 2 heterocycles. The molecule has 1 amide bonds. The summed E-state index contributed by atoms with van der Waals surface area (Å²) >= 11 is 0. The van der Waals surface area contributed by atoms with Crippen LogP contribution >= 0.6 is 0 Å². The zero-order valence-corrected chi connectivity index (χ0v) is 11.4. The maximum Gasteiger partial charge on any atom is 0.372 e. The van der Waals surface area contributed by atoms with Gasteiger partial charge >= 0.3 is 5.97 Å². The Hall–Kier alpha value is -2.34. The summed E-state index contributed by atoms with van der Waals surface area (Å²) in [5.41, 5.74) is 6.54. The molecular weight excluding hydrogens is 272 g/mol. The summed E-state index contributed by atoms with van der Waals surface area (Å²) in [7, 11) is 0. The Labute approximate surface area is 121 Å². The third-order valence-corrected chi connectivity index (χ3v) is 3.95. The molecule has 0 spiro atoms. The van der Waals surface area contributed by atoms with Gasteiger partial charge in [-0.3, -0.25) is 9.69 Å². The lowest BCUT2D eigenvalue weighted by molar-refractivity contribution is -0.121. The fraction of sp³-hybridized carbons (Fsp3) is 0.333.